The molecule has 1 aliphatic heterocycles. The smallest absolute Gasteiger partial charge is 0.277 e. The van der Waals surface area contributed by atoms with Crippen LogP contribution < -0.4 is 14.4 Å². The molecule has 0 unspecified atom stereocenters. The van der Waals surface area contributed by atoms with Gasteiger partial charge in [-0.1, -0.05) is 45.8 Å². The molecule has 0 saturated carbocycles. The molecule has 1 N–H and O–H groups in total. The van der Waals surface area contributed by atoms with Crippen LogP contribution in [0.2, 0.25) is 0 Å². The third kappa shape index (κ3) is 3.58. The number of ether oxygens (including phenoxy) is 2. The molecule has 1 aromatic heterocycles. The lowest BCUT2D eigenvalue weighted by Gasteiger charge is -2.28. The Bertz CT molecular complexity index is 1330. The molecule has 0 radical (unpaired) electrons. The first-order valence-corrected chi connectivity index (χ1v) is 11.3. The molecular formula is C26H22BrN3O3. The van der Waals surface area contributed by atoms with Gasteiger partial charge in [-0.2, -0.15) is 5.10 Å². The van der Waals surface area contributed by atoms with Crippen LogP contribution in [0.4, 0.5) is 5.69 Å². The fourth-order valence-corrected chi connectivity index (χ4v) is 4.55. The summed E-state index contributed by atoms with van der Waals surface area (Å²) in [5.74, 6) is 1.19. The lowest BCUT2D eigenvalue weighted by atomic mass is 9.95. The first-order chi connectivity index (χ1) is 16.0. The second kappa shape index (κ2) is 8.41. The average Bonchev–Trinajstić information content (AvgIpc) is 3.39. The Kier molecular flexibility index (Phi) is 5.42. The molecule has 1 amide bonds. The summed E-state index contributed by atoms with van der Waals surface area (Å²) in [6.07, 6.45) is 0. The number of rotatable bonds is 5. The molecule has 33 heavy (non-hydrogen) atoms. The molecule has 3 aromatic carbocycles. The van der Waals surface area contributed by atoms with Crippen LogP contribution in [0.1, 0.15) is 33.2 Å². The van der Waals surface area contributed by atoms with Crippen molar-refractivity contribution in [3.63, 3.8) is 0 Å². The first-order valence-electron chi connectivity index (χ1n) is 10.5. The second-order valence-electron chi connectivity index (χ2n) is 7.89. The summed E-state index contributed by atoms with van der Waals surface area (Å²) in [7, 11) is 3.24. The zero-order valence-corrected chi connectivity index (χ0v) is 20.0. The van der Waals surface area contributed by atoms with Crippen LogP contribution in [0.5, 0.6) is 11.5 Å². The predicted molar refractivity (Wildman–Crippen MR) is 131 cm³/mol. The van der Waals surface area contributed by atoms with Gasteiger partial charge < -0.3 is 9.47 Å². The highest BCUT2D eigenvalue weighted by atomic mass is 79.9. The van der Waals surface area contributed by atoms with E-state index in [9.17, 15) is 4.79 Å². The maximum absolute atomic E-state index is 13.7. The third-order valence-corrected chi connectivity index (χ3v) is 6.46. The van der Waals surface area contributed by atoms with Crippen LogP contribution in [0, 0.1) is 6.92 Å². The van der Waals surface area contributed by atoms with Crippen LogP contribution in [0.3, 0.4) is 0 Å². The average molecular weight is 504 g/mol. The molecule has 1 aliphatic rings. The van der Waals surface area contributed by atoms with Gasteiger partial charge >= 0.3 is 0 Å². The van der Waals surface area contributed by atoms with Crippen molar-refractivity contribution in [3.05, 3.63) is 93.6 Å². The number of aryl methyl sites for hydroxylation is 1. The molecule has 166 valence electrons. The van der Waals surface area contributed by atoms with E-state index in [0.29, 0.717) is 17.2 Å². The summed E-state index contributed by atoms with van der Waals surface area (Å²) >= 11 is 3.49. The van der Waals surface area contributed by atoms with Gasteiger partial charge in [-0.05, 0) is 43.3 Å². The fourth-order valence-electron chi connectivity index (χ4n) is 4.29. The van der Waals surface area contributed by atoms with Gasteiger partial charge in [-0.15, -0.1) is 0 Å². The lowest BCUT2D eigenvalue weighted by molar-refractivity contribution is 0.0988. The van der Waals surface area contributed by atoms with E-state index in [1.165, 1.54) is 0 Å². The van der Waals surface area contributed by atoms with Gasteiger partial charge in [0.1, 0.15) is 17.2 Å². The Morgan fingerprint density at radius 1 is 0.970 bits per heavy atom. The van der Waals surface area contributed by atoms with E-state index in [2.05, 4.69) is 26.1 Å². The van der Waals surface area contributed by atoms with Crippen molar-refractivity contribution in [3.8, 4) is 22.8 Å². The highest BCUT2D eigenvalue weighted by Gasteiger charge is 2.44. The number of carbonyl (C=O) groups excluding carboxylic acids is 1. The van der Waals surface area contributed by atoms with E-state index >= 15 is 0 Å². The number of halogens is 1. The normalized spacial score (nSPS) is 15.0. The monoisotopic (exact) mass is 503 g/mol. The number of aromatic amines is 1. The van der Waals surface area contributed by atoms with Gasteiger partial charge in [0.2, 0.25) is 0 Å². The van der Waals surface area contributed by atoms with Gasteiger partial charge in [0.05, 0.1) is 26.0 Å². The quantitative estimate of drug-likeness (QED) is 0.367. The molecule has 4 aromatic rings. The number of methoxy groups -OCH3 is 2. The van der Waals surface area contributed by atoms with Crippen molar-refractivity contribution in [2.75, 3.05) is 19.1 Å². The van der Waals surface area contributed by atoms with Crippen molar-refractivity contribution in [1.82, 2.24) is 10.2 Å². The number of nitrogens with one attached hydrogen (secondary N) is 1. The van der Waals surface area contributed by atoms with Crippen LogP contribution >= 0.6 is 15.9 Å². The highest BCUT2D eigenvalue weighted by Crippen LogP contribution is 2.47. The van der Waals surface area contributed by atoms with Crippen molar-refractivity contribution in [1.29, 1.82) is 0 Å². The summed E-state index contributed by atoms with van der Waals surface area (Å²) in [6.45, 7) is 2.03. The number of aromatic nitrogens is 2. The second-order valence-corrected chi connectivity index (χ2v) is 8.80. The minimum atomic E-state index is -0.423. The summed E-state index contributed by atoms with van der Waals surface area (Å²) < 4.78 is 12.1. The summed E-state index contributed by atoms with van der Waals surface area (Å²) in [5, 5.41) is 7.54. The van der Waals surface area contributed by atoms with Gasteiger partial charge in [-0.3, -0.25) is 14.8 Å². The number of hydrogen-bond donors (Lipinski definition) is 1. The zero-order chi connectivity index (χ0) is 23.1. The van der Waals surface area contributed by atoms with E-state index < -0.39 is 6.04 Å². The van der Waals surface area contributed by atoms with Crippen molar-refractivity contribution < 1.29 is 14.3 Å². The van der Waals surface area contributed by atoms with E-state index in [1.807, 2.05) is 73.7 Å². The van der Waals surface area contributed by atoms with Crippen LogP contribution in [-0.4, -0.2) is 30.3 Å². The maximum Gasteiger partial charge on any atom is 0.277 e. The molecule has 0 saturated heterocycles. The number of nitrogens with zero attached hydrogens (tertiary/aromatic N) is 2. The molecule has 5 rings (SSSR count). The zero-order valence-electron chi connectivity index (χ0n) is 18.4. The minimum Gasteiger partial charge on any atom is -0.497 e. The molecule has 6 nitrogen and oxygen atoms in total. The summed E-state index contributed by atoms with van der Waals surface area (Å²) in [4.78, 5) is 15.5. The number of fused-ring (bicyclic) bond motifs is 1. The Morgan fingerprint density at radius 3 is 2.36 bits per heavy atom. The number of H-pyrrole nitrogens is 1. The first kappa shape index (κ1) is 21.3. The van der Waals surface area contributed by atoms with E-state index in [-0.39, 0.29) is 5.91 Å². The molecule has 2 heterocycles. The predicted octanol–water partition coefficient (Wildman–Crippen LogP) is 5.91. The number of amides is 1. The largest absolute Gasteiger partial charge is 0.497 e. The van der Waals surface area contributed by atoms with Crippen molar-refractivity contribution in [2.45, 2.75) is 13.0 Å². The Labute approximate surface area is 200 Å². The molecule has 1 atom stereocenters. The summed E-state index contributed by atoms with van der Waals surface area (Å²) in [5.41, 5.74) is 5.75. The topological polar surface area (TPSA) is 67.5 Å². The molecule has 0 fully saturated rings. The molecule has 7 heteroatoms. The van der Waals surface area contributed by atoms with E-state index in [4.69, 9.17) is 9.47 Å². The lowest BCUT2D eigenvalue weighted by Crippen LogP contribution is -2.29. The van der Waals surface area contributed by atoms with Gasteiger partial charge in [0.25, 0.3) is 5.91 Å². The van der Waals surface area contributed by atoms with Crippen LogP contribution in [0.25, 0.3) is 11.3 Å². The molecule has 0 spiro atoms. The van der Waals surface area contributed by atoms with Crippen LogP contribution in [-0.2, 0) is 0 Å². The van der Waals surface area contributed by atoms with Crippen molar-refractivity contribution in [2.24, 2.45) is 0 Å². The number of carbonyl (C=O) groups is 1. The number of benzene rings is 3. The van der Waals surface area contributed by atoms with E-state index in [0.717, 1.165) is 38.1 Å². The Hall–Kier alpha value is -3.58. The van der Waals surface area contributed by atoms with Crippen molar-refractivity contribution >= 4 is 27.5 Å². The van der Waals surface area contributed by atoms with Gasteiger partial charge in [-0.25, -0.2) is 0 Å². The SMILES string of the molecule is COc1ccc([C@H]2c3c(-c4ccc(Br)cc4)n[nH]c3C(=O)N2c2ccc(C)cc2)c(OC)c1. The third-order valence-electron chi connectivity index (χ3n) is 5.93. The Balaban J connectivity index is 1.74. The fraction of sp³-hybridized carbons (Fsp3) is 0.154. The van der Waals surface area contributed by atoms with E-state index in [1.54, 1.807) is 19.1 Å². The summed E-state index contributed by atoms with van der Waals surface area (Å²) in [6, 6.07) is 21.1. The van der Waals surface area contributed by atoms with Gasteiger partial charge in [0.15, 0.2) is 0 Å². The molecule has 0 aliphatic carbocycles. The standard InChI is InChI=1S/C26H22BrN3O3/c1-15-4-10-18(11-5-15)30-25(20-13-12-19(32-2)14-21(20)33-3)22-23(28-29-24(22)26(30)31)16-6-8-17(27)9-7-16/h4-14,25H,1-3H3,(H,28,29)/t25-/m0/s1. The molecule has 0 bridgehead atoms. The highest BCUT2D eigenvalue weighted by molar-refractivity contribution is 9.10. The number of anilines is 1. The Morgan fingerprint density at radius 2 is 1.70 bits per heavy atom. The minimum absolute atomic E-state index is 0.132. The maximum atomic E-state index is 13.7. The van der Waals surface area contributed by atoms with Crippen LogP contribution in [0.15, 0.2) is 71.2 Å². The number of hydrogen-bond acceptors (Lipinski definition) is 4. The molecular weight excluding hydrogens is 482 g/mol. The van der Waals surface area contributed by atoms with Gasteiger partial charge in [0, 0.05) is 32.9 Å².